The number of rotatable bonds is 13. The summed E-state index contributed by atoms with van der Waals surface area (Å²) in [5, 5.41) is 46.4. The SMILES string of the molecule is C=C1CCC2[C@H](CN)C([C@@]3(C)CC[C@H](O)C[C@@H]3CO)CC[C@]12C.C=C1CCC2[C@H](CNC(C)=O)C([C@@]3(C)CC[C@H](O)C[C@@H]3CO)CC[C@]12C.C=C1CCC2[C@H](CNC(C)=O)C([C@@]3(C)CC[C@H](OC(C)=O)C[C@@H]3COC(C)=O)CC[C@]12C. The number of esters is 2. The van der Waals surface area contributed by atoms with Crippen molar-refractivity contribution in [3.63, 3.8) is 0 Å². The number of carbonyl (C=O) groups excluding carboxylic acids is 4. The van der Waals surface area contributed by atoms with Crippen molar-refractivity contribution < 1.29 is 49.1 Å². The van der Waals surface area contributed by atoms with Gasteiger partial charge in [-0.3, -0.25) is 19.2 Å². The van der Waals surface area contributed by atoms with E-state index in [-0.39, 0.29) is 106 Å². The standard InChI is InChI=1S/C26H41NO5.C22H37NO3.C20H35NO2/c1-16-7-8-23-22(14-27-17(2)28)24(10-12-25(16,23)5)26(6)11-9-21(32-19(4)30)13-20(26)15-31-18(3)29;1-14-5-6-19-18(12-23-15(2)25)20(8-10-21(14,19)3)22(4)9-7-17(26)11-16(22)13-24;1-13-4-5-17-16(11-21)18(7-9-19(13,17)2)20(3)8-6-15(23)10-14(20)12-22/h20-24H,1,7-15H2,2-6H3,(H,27,28);16-20,24,26H,1,5-13H2,2-4H3,(H,23,25);14-18,22-23H,1,4-12,21H2,2-3H3/t20-,21+,22+,23?,24?,25-,26+;16-,17+,18+,19?,20?,21-,22+;14-,15+,16+,17?,18?,19-,20+/m111/s1. The Labute approximate surface area is 489 Å². The monoisotopic (exact) mass is 1130 g/mol. The largest absolute Gasteiger partial charge is 0.466 e. The minimum absolute atomic E-state index is 0.00744. The molecule has 81 heavy (non-hydrogen) atoms. The molecule has 0 aromatic rings. The Kier molecular flexibility index (Phi) is 21.2. The second kappa shape index (κ2) is 26.3. The van der Waals surface area contributed by atoms with Gasteiger partial charge in [-0.05, 0) is 239 Å². The molecule has 9 saturated carbocycles. The van der Waals surface area contributed by atoms with Gasteiger partial charge in [0, 0.05) is 59.9 Å². The molecule has 6 unspecified atom stereocenters. The van der Waals surface area contributed by atoms with Crippen LogP contribution in [0.25, 0.3) is 0 Å². The minimum Gasteiger partial charge on any atom is -0.466 e. The summed E-state index contributed by atoms with van der Waals surface area (Å²) in [6.45, 7) is 36.2. The molecule has 0 heterocycles. The minimum atomic E-state index is -0.283. The van der Waals surface area contributed by atoms with E-state index in [9.17, 15) is 39.6 Å². The van der Waals surface area contributed by atoms with E-state index in [1.54, 1.807) is 13.8 Å². The van der Waals surface area contributed by atoms with E-state index in [1.165, 1.54) is 56.3 Å². The summed E-state index contributed by atoms with van der Waals surface area (Å²) >= 11 is 0. The summed E-state index contributed by atoms with van der Waals surface area (Å²) in [6.07, 6.45) is 20.6. The van der Waals surface area contributed by atoms with E-state index in [2.05, 4.69) is 71.9 Å². The van der Waals surface area contributed by atoms with E-state index in [0.717, 1.165) is 109 Å². The lowest BCUT2D eigenvalue weighted by molar-refractivity contribution is -0.161. The Balaban J connectivity index is 0.000000178. The molecule has 9 rings (SSSR count). The Morgan fingerprint density at radius 2 is 0.877 bits per heavy atom. The average molecular weight is 1130 g/mol. The van der Waals surface area contributed by atoms with Crippen LogP contribution in [0.1, 0.15) is 204 Å². The molecule has 0 radical (unpaired) electrons. The van der Waals surface area contributed by atoms with Gasteiger partial charge in [0.1, 0.15) is 6.10 Å². The fraction of sp³-hybridized carbons (Fsp3) is 0.853. The maximum Gasteiger partial charge on any atom is 0.302 e. The highest BCUT2D eigenvalue weighted by atomic mass is 16.5. The van der Waals surface area contributed by atoms with Gasteiger partial charge in [0.15, 0.2) is 0 Å². The summed E-state index contributed by atoms with van der Waals surface area (Å²) in [5.41, 5.74) is 11.2. The second-order valence-corrected chi connectivity index (χ2v) is 29.7. The van der Waals surface area contributed by atoms with Crippen LogP contribution in [0.2, 0.25) is 0 Å². The van der Waals surface area contributed by atoms with Crippen molar-refractivity contribution in [3.8, 4) is 0 Å². The van der Waals surface area contributed by atoms with Crippen molar-refractivity contribution >= 4 is 23.8 Å². The van der Waals surface area contributed by atoms with Crippen molar-refractivity contribution in [1.29, 1.82) is 0 Å². The predicted octanol–water partition coefficient (Wildman–Crippen LogP) is 10.8. The maximum atomic E-state index is 11.8. The molecular formula is C68H113N3O10. The topological polar surface area (TPSA) is 218 Å². The van der Waals surface area contributed by atoms with Crippen LogP contribution in [0.4, 0.5) is 0 Å². The van der Waals surface area contributed by atoms with Gasteiger partial charge in [-0.1, -0.05) is 78.0 Å². The zero-order valence-electron chi connectivity index (χ0n) is 52.2. The highest BCUT2D eigenvalue weighted by Gasteiger charge is 2.60. The van der Waals surface area contributed by atoms with E-state index >= 15 is 0 Å². The number of amides is 2. The van der Waals surface area contributed by atoms with Gasteiger partial charge in [-0.15, -0.1) is 0 Å². The molecule has 0 spiro atoms. The van der Waals surface area contributed by atoms with Crippen LogP contribution < -0.4 is 16.4 Å². The smallest absolute Gasteiger partial charge is 0.302 e. The summed E-state index contributed by atoms with van der Waals surface area (Å²) in [6, 6.07) is 0. The number of hydrogen-bond acceptors (Lipinski definition) is 11. The maximum absolute atomic E-state index is 11.8. The Hall–Kier alpha value is -3.10. The lowest BCUT2D eigenvalue weighted by Gasteiger charge is -2.56. The highest BCUT2D eigenvalue weighted by molar-refractivity contribution is 5.73. The van der Waals surface area contributed by atoms with Crippen LogP contribution in [0.3, 0.4) is 0 Å². The first kappa shape index (κ1) is 65.4. The Morgan fingerprint density at radius 1 is 0.506 bits per heavy atom. The number of allylic oxidation sites excluding steroid dienone is 3. The number of hydrogen-bond donors (Lipinski definition) is 7. The van der Waals surface area contributed by atoms with Crippen molar-refractivity contribution in [3.05, 3.63) is 36.5 Å². The molecule has 0 aromatic heterocycles. The summed E-state index contributed by atoms with van der Waals surface area (Å²) < 4.78 is 11.1. The molecule has 9 aliphatic carbocycles. The molecule has 13 nitrogen and oxygen atoms in total. The van der Waals surface area contributed by atoms with Crippen LogP contribution in [0.15, 0.2) is 36.5 Å². The fourth-order valence-corrected chi connectivity index (χ4v) is 20.5. The zero-order valence-corrected chi connectivity index (χ0v) is 52.2. The first-order valence-corrected chi connectivity index (χ1v) is 32.2. The molecule has 0 bridgehead atoms. The normalized spacial score (nSPS) is 44.7. The molecule has 8 N–H and O–H groups in total. The van der Waals surface area contributed by atoms with Crippen LogP contribution in [-0.4, -0.2) is 102 Å². The van der Waals surface area contributed by atoms with Gasteiger partial charge in [0.2, 0.25) is 11.8 Å². The number of ether oxygens (including phenoxy) is 2. The lowest BCUT2D eigenvalue weighted by atomic mass is 9.49. The second-order valence-electron chi connectivity index (χ2n) is 29.7. The first-order chi connectivity index (χ1) is 38.1. The number of fused-ring (bicyclic) bond motifs is 3. The molecule has 13 heteroatoms. The molecule has 2 amide bonds. The molecule has 0 aliphatic heterocycles. The number of nitrogens with one attached hydrogen (secondary N) is 2. The number of aliphatic hydroxyl groups excluding tert-OH is 4. The van der Waals surface area contributed by atoms with Crippen molar-refractivity contribution in [2.45, 2.75) is 222 Å². The van der Waals surface area contributed by atoms with E-state index in [1.807, 2.05) is 0 Å². The molecule has 460 valence electrons. The molecular weight excluding hydrogens is 1020 g/mol. The highest BCUT2D eigenvalue weighted by Crippen LogP contribution is 2.66. The van der Waals surface area contributed by atoms with Gasteiger partial charge >= 0.3 is 11.9 Å². The van der Waals surface area contributed by atoms with Crippen LogP contribution >= 0.6 is 0 Å². The first-order valence-electron chi connectivity index (χ1n) is 32.2. The van der Waals surface area contributed by atoms with Gasteiger partial charge in [-0.2, -0.15) is 0 Å². The third kappa shape index (κ3) is 13.2. The molecule has 9 aliphatic rings. The van der Waals surface area contributed by atoms with Gasteiger partial charge in [0.05, 0.1) is 18.8 Å². The zero-order chi connectivity index (χ0) is 59.6. The number of nitrogens with two attached hydrogens (primary N) is 1. The molecule has 0 saturated heterocycles. The van der Waals surface area contributed by atoms with Crippen LogP contribution in [-0.2, 0) is 28.7 Å². The Bertz CT molecular complexity index is 2270. The van der Waals surface area contributed by atoms with Crippen molar-refractivity contribution in [2.75, 3.05) is 39.5 Å². The molecule has 9 fully saturated rings. The van der Waals surface area contributed by atoms with E-state index in [4.69, 9.17) is 15.2 Å². The average Bonchev–Trinajstić information content (AvgIpc) is 4.12. The number of aliphatic hydroxyl groups is 4. The summed E-state index contributed by atoms with van der Waals surface area (Å²) in [7, 11) is 0. The third-order valence-electron chi connectivity index (χ3n) is 25.9. The Morgan fingerprint density at radius 3 is 1.23 bits per heavy atom. The quantitative estimate of drug-likeness (QED) is 0.0680. The summed E-state index contributed by atoms with van der Waals surface area (Å²) in [4.78, 5) is 46.7. The molecule has 0 aromatic carbocycles. The third-order valence-corrected chi connectivity index (χ3v) is 25.9. The lowest BCUT2D eigenvalue weighted by Crippen LogP contribution is -2.54. The van der Waals surface area contributed by atoms with Crippen molar-refractivity contribution in [1.82, 2.24) is 10.6 Å². The fourth-order valence-electron chi connectivity index (χ4n) is 20.5. The van der Waals surface area contributed by atoms with Gasteiger partial charge in [-0.25, -0.2) is 0 Å². The van der Waals surface area contributed by atoms with E-state index < -0.39 is 0 Å². The predicted molar refractivity (Wildman–Crippen MR) is 320 cm³/mol. The van der Waals surface area contributed by atoms with Crippen LogP contribution in [0, 0.1) is 104 Å². The summed E-state index contributed by atoms with van der Waals surface area (Å²) in [5.74, 6) is 4.44. The van der Waals surface area contributed by atoms with Crippen molar-refractivity contribution in [2.24, 2.45) is 109 Å². The van der Waals surface area contributed by atoms with Crippen LogP contribution in [0.5, 0.6) is 0 Å². The van der Waals surface area contributed by atoms with E-state index in [0.29, 0.717) is 79.3 Å². The molecule has 21 atom stereocenters. The van der Waals surface area contributed by atoms with Gasteiger partial charge < -0.3 is 46.3 Å². The number of carbonyl (C=O) groups is 4. The van der Waals surface area contributed by atoms with Gasteiger partial charge in [0.25, 0.3) is 0 Å².